The van der Waals surface area contributed by atoms with Crippen LogP contribution in [0.25, 0.3) is 27.1 Å². The number of guanidine groups is 1. The van der Waals surface area contributed by atoms with Gasteiger partial charge in [-0.05, 0) is 133 Å². The van der Waals surface area contributed by atoms with E-state index in [2.05, 4.69) is 54.6 Å². The number of H-pyrrole nitrogens is 4. The first kappa shape index (κ1) is 54.6. The second-order valence-electron chi connectivity index (χ2n) is 20.0. The topological polar surface area (TPSA) is 248 Å². The number of amides is 1. The average Bonchev–Trinajstić information content (AvgIpc) is 3.92. The molecule has 1 amide bonds. The van der Waals surface area contributed by atoms with Crippen molar-refractivity contribution in [1.82, 2.24) is 30.2 Å². The number of aliphatic hydroxyl groups excluding tert-OH is 1. The Bertz CT molecular complexity index is 4000. The highest BCUT2D eigenvalue weighted by Crippen LogP contribution is 2.43. The first-order valence-electron chi connectivity index (χ1n) is 26.5. The van der Waals surface area contributed by atoms with Crippen LogP contribution in [0.3, 0.4) is 0 Å². The van der Waals surface area contributed by atoms with Crippen LogP contribution in [-0.2, 0) is 15.1 Å². The maximum absolute atomic E-state index is 15.7. The molecule has 2 aromatic heterocycles. The fourth-order valence-corrected chi connectivity index (χ4v) is 10.7. The number of carbonyl (C=O) groups is 1. The quantitative estimate of drug-likeness (QED) is 0.0386. The first-order valence-corrected chi connectivity index (χ1v) is 26.5. The van der Waals surface area contributed by atoms with Gasteiger partial charge in [0.05, 0.1) is 41.1 Å². The van der Waals surface area contributed by atoms with Gasteiger partial charge in [-0.25, -0.2) is 9.98 Å². The van der Waals surface area contributed by atoms with Gasteiger partial charge in [-0.1, -0.05) is 60.7 Å². The number of rotatable bonds is 19. The molecule has 81 heavy (non-hydrogen) atoms. The van der Waals surface area contributed by atoms with Crippen LogP contribution in [0.1, 0.15) is 36.1 Å². The molecule has 2 aliphatic rings. The number of anilines is 6. The number of hydrogen-bond donors (Lipinski definition) is 6. The Morgan fingerprint density at radius 1 is 0.617 bits per heavy atom. The zero-order valence-electron chi connectivity index (χ0n) is 45.8. The lowest BCUT2D eigenvalue weighted by molar-refractivity contribution is -0.137. The summed E-state index contributed by atoms with van der Waals surface area (Å²) in [6, 6.07) is 41.5. The van der Waals surface area contributed by atoms with Crippen molar-refractivity contribution in [3.63, 3.8) is 0 Å². The lowest BCUT2D eigenvalue weighted by atomic mass is 9.79. The minimum atomic E-state index is -1.50. The average molecular weight is 1090 g/mol. The van der Waals surface area contributed by atoms with E-state index < -0.39 is 40.3 Å². The molecule has 0 bridgehead atoms. The number of benzene rings is 6. The number of hydrogen-bond acceptors (Lipinski definition) is 15. The predicted molar refractivity (Wildman–Crippen MR) is 321 cm³/mol. The summed E-state index contributed by atoms with van der Waals surface area (Å²) >= 11 is 0. The minimum absolute atomic E-state index is 0.0338. The number of aliphatic imine (C=N–C) groups is 2. The largest absolute Gasteiger partial charge is 0.394 e. The summed E-state index contributed by atoms with van der Waals surface area (Å²) < 4.78 is 5.74. The molecule has 6 aromatic carbocycles. The van der Waals surface area contributed by atoms with E-state index in [1.807, 2.05) is 154 Å². The van der Waals surface area contributed by atoms with Gasteiger partial charge >= 0.3 is 0 Å². The highest BCUT2D eigenvalue weighted by atomic mass is 16.5. The number of carbonyl (C=O) groups excluding carboxylic acids is 1. The van der Waals surface area contributed by atoms with Crippen molar-refractivity contribution in [2.75, 3.05) is 80.8 Å². The molecule has 20 heteroatoms. The molecule has 7 N–H and O–H groups in total. The van der Waals surface area contributed by atoms with Crippen LogP contribution in [0.2, 0.25) is 0 Å². The molecule has 4 heterocycles. The zero-order chi connectivity index (χ0) is 57.1. The van der Waals surface area contributed by atoms with Crippen LogP contribution in [0.5, 0.6) is 0 Å². The Kier molecular flexibility index (Phi) is 15.4. The Morgan fingerprint density at radius 3 is 1.51 bits per heavy atom. The van der Waals surface area contributed by atoms with Gasteiger partial charge in [0.1, 0.15) is 12.3 Å². The maximum atomic E-state index is 15.7. The molecular weight excluding hydrogens is 1030 g/mol. The molecule has 0 spiro atoms. The third-order valence-corrected chi connectivity index (χ3v) is 14.9. The van der Waals surface area contributed by atoms with E-state index in [4.69, 9.17) is 15.5 Å². The molecule has 2 aliphatic heterocycles. The van der Waals surface area contributed by atoms with Gasteiger partial charge in [-0.3, -0.25) is 49.3 Å². The van der Waals surface area contributed by atoms with Crippen molar-refractivity contribution >= 4 is 79.4 Å². The van der Waals surface area contributed by atoms with Gasteiger partial charge in [-0.2, -0.15) is 0 Å². The molecule has 10 rings (SSSR count). The highest BCUT2D eigenvalue weighted by Gasteiger charge is 2.52. The standard InChI is InChI=1S/C61H63N13O7/c1-7-72(46-27-29-49-51(34-46)57(78)67-65-55(49)76)44-21-13-39(14-22-44)48(38-11-19-42(20-12-38)69(3)4)10-9-31-61(40-15-23-43(24-16-40)70(5)6,74-59(80)53-54(64-60(74)62)63-36-71(53)37-81-33-32-75)41-17-25-45(26-18-41)73(8-2)47-28-30-50-52(35-47)58(79)68-66-56(50)77/h9-31,34-36,53-54,75H,7-8,32-33,37H2,1-6H3,(H2,62,64)(H,65,76)(H,66,77)(H,67,78)(H,68,79)/b31-9+,48-10-. The number of nitrogens with one attached hydrogen (secondary N) is 4. The molecule has 3 atom stereocenters. The molecule has 0 fully saturated rings. The van der Waals surface area contributed by atoms with Gasteiger partial charge in [0.2, 0.25) is 5.96 Å². The molecule has 0 saturated heterocycles. The maximum Gasteiger partial charge on any atom is 0.270 e. The molecule has 0 aliphatic carbocycles. The van der Waals surface area contributed by atoms with E-state index in [-0.39, 0.29) is 47.6 Å². The number of aromatic amines is 4. The van der Waals surface area contributed by atoms with Gasteiger partial charge < -0.3 is 40.1 Å². The Labute approximate surface area is 466 Å². The highest BCUT2D eigenvalue weighted by molar-refractivity contribution is 6.04. The lowest BCUT2D eigenvalue weighted by Gasteiger charge is -2.46. The Balaban J connectivity index is 1.14. The summed E-state index contributed by atoms with van der Waals surface area (Å²) in [5.41, 5.74) is 13.0. The molecule has 8 aromatic rings. The fraction of sp³-hybridized carbons (Fsp3) is 0.230. The summed E-state index contributed by atoms with van der Waals surface area (Å²) in [4.78, 5) is 87.5. The lowest BCUT2D eigenvalue weighted by Crippen LogP contribution is -2.64. The third-order valence-electron chi connectivity index (χ3n) is 14.9. The summed E-state index contributed by atoms with van der Waals surface area (Å²) in [5, 5.41) is 20.3. The van der Waals surface area contributed by atoms with Crippen LogP contribution in [0.4, 0.5) is 34.1 Å². The molecule has 0 radical (unpaired) electrons. The second-order valence-corrected chi connectivity index (χ2v) is 20.0. The van der Waals surface area contributed by atoms with E-state index in [1.165, 1.54) is 11.2 Å². The molecule has 414 valence electrons. The summed E-state index contributed by atoms with van der Waals surface area (Å²) in [6.07, 6.45) is 6.60. The van der Waals surface area contributed by atoms with Crippen molar-refractivity contribution < 1.29 is 14.6 Å². The second kappa shape index (κ2) is 22.9. The zero-order valence-corrected chi connectivity index (χ0v) is 45.8. The van der Waals surface area contributed by atoms with Gasteiger partial charge in [0, 0.05) is 75.4 Å². The Morgan fingerprint density at radius 2 is 1.05 bits per heavy atom. The van der Waals surface area contributed by atoms with E-state index in [0.29, 0.717) is 35.3 Å². The van der Waals surface area contributed by atoms with Crippen LogP contribution >= 0.6 is 0 Å². The van der Waals surface area contributed by atoms with Crippen molar-refractivity contribution in [2.24, 2.45) is 15.7 Å². The van der Waals surface area contributed by atoms with E-state index in [0.717, 1.165) is 45.1 Å². The molecule has 3 unspecified atom stereocenters. The van der Waals surface area contributed by atoms with Gasteiger partial charge in [0.15, 0.2) is 12.2 Å². The van der Waals surface area contributed by atoms with Crippen LogP contribution in [-0.4, -0.2) is 127 Å². The smallest absolute Gasteiger partial charge is 0.270 e. The first-order chi connectivity index (χ1) is 39.1. The Hall–Kier alpha value is -9.79. The SMILES string of the molecule is CCN(c1ccc(/C(=C\C=C\C(c2ccc(N(C)C)cc2)(c2ccc(N(CC)c3ccc4c(=O)[nH][nH]c(=O)c4c3)cc2)N2C(=O)C3C(N=CN3COCCO)N=C2N)c2ccc(N(C)C)cc2)cc1)c1ccc2c(=O)[nH][nH]c(=O)c2c1. The van der Waals surface area contributed by atoms with E-state index >= 15 is 4.79 Å². The third kappa shape index (κ3) is 10.4. The normalized spacial score (nSPS) is 16.0. The number of allylic oxidation sites excluding steroid dienone is 2. The molecule has 20 nitrogen and oxygen atoms in total. The van der Waals surface area contributed by atoms with E-state index in [9.17, 15) is 24.3 Å². The van der Waals surface area contributed by atoms with Crippen LogP contribution in [0, 0.1) is 0 Å². The number of aromatic nitrogens is 4. The van der Waals surface area contributed by atoms with Gasteiger partial charge in [-0.15, -0.1) is 0 Å². The van der Waals surface area contributed by atoms with Crippen molar-refractivity contribution in [3.05, 3.63) is 215 Å². The summed E-state index contributed by atoms with van der Waals surface area (Å²) in [5.74, 6) is -0.451. The fourth-order valence-electron chi connectivity index (χ4n) is 10.7. The summed E-state index contributed by atoms with van der Waals surface area (Å²) in [7, 11) is 7.88. The monoisotopic (exact) mass is 1090 g/mol. The van der Waals surface area contributed by atoms with Crippen LogP contribution in [0.15, 0.2) is 181 Å². The number of fused-ring (bicyclic) bond motifs is 3. The van der Waals surface area contributed by atoms with Gasteiger partial charge in [0.25, 0.3) is 28.1 Å². The predicted octanol–water partition coefficient (Wildman–Crippen LogP) is 6.29. The number of nitrogens with two attached hydrogens (primary N) is 1. The van der Waals surface area contributed by atoms with Crippen molar-refractivity contribution in [3.8, 4) is 0 Å². The van der Waals surface area contributed by atoms with Crippen LogP contribution < -0.4 is 47.6 Å². The van der Waals surface area contributed by atoms with Crippen molar-refractivity contribution in [2.45, 2.75) is 31.6 Å². The number of nitrogens with zero attached hydrogens (tertiary/aromatic N) is 8. The number of ether oxygens (including phenoxy) is 1. The summed E-state index contributed by atoms with van der Waals surface area (Å²) in [6.45, 7) is 4.87. The van der Waals surface area contributed by atoms with Crippen molar-refractivity contribution in [1.29, 1.82) is 0 Å². The van der Waals surface area contributed by atoms with E-state index in [1.54, 1.807) is 35.2 Å². The molecule has 0 saturated carbocycles. The molecular formula is C61H63N13O7. The minimum Gasteiger partial charge on any atom is -0.394 e. The number of aliphatic hydroxyl groups is 1.